The number of halogens is 1. The number of nitro groups is 1. The van der Waals surface area contributed by atoms with Crippen LogP contribution in [-0.2, 0) is 0 Å². The predicted octanol–water partition coefficient (Wildman–Crippen LogP) is 4.05. The molecule has 1 heterocycles. The predicted molar refractivity (Wildman–Crippen MR) is 88.4 cm³/mol. The third kappa shape index (κ3) is 2.66. The highest BCUT2D eigenvalue weighted by molar-refractivity contribution is 14.1. The fourth-order valence-corrected chi connectivity index (χ4v) is 2.89. The monoisotopic (exact) mass is 391 g/mol. The molecule has 6 heteroatoms. The van der Waals surface area contributed by atoms with Crippen molar-refractivity contribution in [2.45, 2.75) is 0 Å². The van der Waals surface area contributed by atoms with Crippen LogP contribution in [0.25, 0.3) is 16.8 Å². The van der Waals surface area contributed by atoms with Crippen LogP contribution < -0.4 is 0 Å². The molecule has 0 amide bonds. The molecule has 0 fully saturated rings. The van der Waals surface area contributed by atoms with Crippen molar-refractivity contribution in [2.24, 2.45) is 0 Å². The van der Waals surface area contributed by atoms with E-state index in [0.29, 0.717) is 0 Å². The van der Waals surface area contributed by atoms with E-state index in [1.54, 1.807) is 23.0 Å². The van der Waals surface area contributed by atoms with E-state index in [2.05, 4.69) is 27.7 Å². The zero-order valence-electron chi connectivity index (χ0n) is 10.8. The van der Waals surface area contributed by atoms with Gasteiger partial charge in [-0.3, -0.25) is 10.1 Å². The van der Waals surface area contributed by atoms with Crippen molar-refractivity contribution in [2.75, 3.05) is 0 Å². The molecule has 5 nitrogen and oxygen atoms in total. The largest absolute Gasteiger partial charge is 0.269 e. The number of hydrogen-bond acceptors (Lipinski definition) is 3. The SMILES string of the molecule is O=[N+]([O-])c1ccc(-n2ncc(-c3ccccc3)c2I)cc1. The zero-order valence-corrected chi connectivity index (χ0v) is 13.0. The summed E-state index contributed by atoms with van der Waals surface area (Å²) in [5.41, 5.74) is 3.00. The van der Waals surface area contributed by atoms with Crippen molar-refractivity contribution in [1.82, 2.24) is 9.78 Å². The maximum absolute atomic E-state index is 10.7. The highest BCUT2D eigenvalue weighted by atomic mass is 127. The van der Waals surface area contributed by atoms with Crippen LogP contribution in [0, 0.1) is 13.8 Å². The van der Waals surface area contributed by atoms with E-state index < -0.39 is 4.92 Å². The lowest BCUT2D eigenvalue weighted by atomic mass is 10.1. The number of hydrogen-bond donors (Lipinski definition) is 0. The first-order chi connectivity index (χ1) is 10.2. The normalized spacial score (nSPS) is 10.5. The maximum Gasteiger partial charge on any atom is 0.269 e. The molecule has 0 spiro atoms. The van der Waals surface area contributed by atoms with E-state index >= 15 is 0 Å². The van der Waals surface area contributed by atoms with Crippen molar-refractivity contribution in [3.63, 3.8) is 0 Å². The molecule has 21 heavy (non-hydrogen) atoms. The van der Waals surface area contributed by atoms with Crippen LogP contribution in [0.3, 0.4) is 0 Å². The summed E-state index contributed by atoms with van der Waals surface area (Å²) in [5, 5.41) is 15.1. The molecule has 0 aliphatic heterocycles. The first kappa shape index (κ1) is 13.7. The summed E-state index contributed by atoms with van der Waals surface area (Å²) in [7, 11) is 0. The van der Waals surface area contributed by atoms with Gasteiger partial charge in [-0.2, -0.15) is 5.10 Å². The first-order valence-corrected chi connectivity index (χ1v) is 7.28. The third-order valence-electron chi connectivity index (χ3n) is 3.10. The molecule has 0 bridgehead atoms. The Balaban J connectivity index is 2.01. The van der Waals surface area contributed by atoms with E-state index in [1.165, 1.54) is 12.1 Å². The van der Waals surface area contributed by atoms with E-state index in [0.717, 1.165) is 20.5 Å². The molecule has 104 valence electrons. The average molecular weight is 391 g/mol. The number of nitro benzene ring substituents is 1. The average Bonchev–Trinajstić information content (AvgIpc) is 2.90. The Hall–Kier alpha value is -2.22. The van der Waals surface area contributed by atoms with Crippen molar-refractivity contribution >= 4 is 28.3 Å². The van der Waals surface area contributed by atoms with Crippen molar-refractivity contribution in [3.05, 3.63) is 74.6 Å². The Kier molecular flexibility index (Phi) is 3.70. The minimum absolute atomic E-state index is 0.0733. The molecule has 0 atom stereocenters. The molecule has 0 saturated carbocycles. The molecule has 3 rings (SSSR count). The standard InChI is InChI=1S/C15H10IN3O2/c16-15-14(11-4-2-1-3-5-11)10-17-18(15)12-6-8-13(9-7-12)19(20)21/h1-10H. The summed E-state index contributed by atoms with van der Waals surface area (Å²) in [6.07, 6.45) is 1.80. The van der Waals surface area contributed by atoms with Gasteiger partial charge in [-0.1, -0.05) is 30.3 Å². The number of non-ortho nitro benzene ring substituents is 1. The van der Waals surface area contributed by atoms with Gasteiger partial charge in [0.05, 0.1) is 16.8 Å². The molecule has 0 radical (unpaired) electrons. The van der Waals surface area contributed by atoms with Crippen LogP contribution in [0.5, 0.6) is 0 Å². The van der Waals surface area contributed by atoms with Gasteiger partial charge < -0.3 is 0 Å². The van der Waals surface area contributed by atoms with E-state index in [-0.39, 0.29) is 5.69 Å². The van der Waals surface area contributed by atoms with Crippen LogP contribution >= 0.6 is 22.6 Å². The van der Waals surface area contributed by atoms with Crippen molar-refractivity contribution in [1.29, 1.82) is 0 Å². The molecule has 0 N–H and O–H groups in total. The topological polar surface area (TPSA) is 61.0 Å². The van der Waals surface area contributed by atoms with Gasteiger partial charge in [0.15, 0.2) is 0 Å². The molecule has 0 unspecified atom stereocenters. The first-order valence-electron chi connectivity index (χ1n) is 6.20. The molecule has 2 aromatic carbocycles. The van der Waals surface area contributed by atoms with Gasteiger partial charge in [0.25, 0.3) is 5.69 Å². The second kappa shape index (κ2) is 5.65. The molecule has 0 saturated heterocycles. The van der Waals surface area contributed by atoms with Crippen molar-refractivity contribution < 1.29 is 4.92 Å². The highest BCUT2D eigenvalue weighted by Gasteiger charge is 2.12. The number of benzene rings is 2. The quantitative estimate of drug-likeness (QED) is 0.385. The summed E-state index contributed by atoms with van der Waals surface area (Å²) in [5.74, 6) is 0. The Labute approximate surface area is 134 Å². The fraction of sp³-hybridized carbons (Fsp3) is 0. The molecule has 0 aliphatic rings. The summed E-state index contributed by atoms with van der Waals surface area (Å²) < 4.78 is 2.74. The molecular weight excluding hydrogens is 381 g/mol. The second-order valence-electron chi connectivity index (χ2n) is 4.40. The Morgan fingerprint density at radius 3 is 2.33 bits per heavy atom. The van der Waals surface area contributed by atoms with Gasteiger partial charge in [0.2, 0.25) is 0 Å². The second-order valence-corrected chi connectivity index (χ2v) is 5.42. The third-order valence-corrected chi connectivity index (χ3v) is 4.14. The van der Waals surface area contributed by atoms with E-state index in [4.69, 9.17) is 0 Å². The van der Waals surface area contributed by atoms with Gasteiger partial charge >= 0.3 is 0 Å². The summed E-state index contributed by atoms with van der Waals surface area (Å²) in [4.78, 5) is 10.3. The van der Waals surface area contributed by atoms with Crippen LogP contribution in [0.2, 0.25) is 0 Å². The van der Waals surface area contributed by atoms with Gasteiger partial charge in [0, 0.05) is 17.7 Å². The van der Waals surface area contributed by atoms with Crippen LogP contribution in [-0.4, -0.2) is 14.7 Å². The van der Waals surface area contributed by atoms with Gasteiger partial charge in [-0.15, -0.1) is 0 Å². The number of nitrogens with zero attached hydrogens (tertiary/aromatic N) is 3. The van der Waals surface area contributed by atoms with Crippen LogP contribution in [0.4, 0.5) is 5.69 Å². The summed E-state index contributed by atoms with van der Waals surface area (Å²) in [6.45, 7) is 0. The maximum atomic E-state index is 10.7. The zero-order chi connectivity index (χ0) is 14.8. The molecular formula is C15H10IN3O2. The molecule has 1 aromatic heterocycles. The van der Waals surface area contributed by atoms with Gasteiger partial charge in [0.1, 0.15) is 3.70 Å². The molecule has 3 aromatic rings. The minimum atomic E-state index is -0.409. The number of rotatable bonds is 3. The summed E-state index contributed by atoms with van der Waals surface area (Å²) in [6, 6.07) is 16.3. The van der Waals surface area contributed by atoms with Crippen LogP contribution in [0.15, 0.2) is 60.8 Å². The molecule has 0 aliphatic carbocycles. The van der Waals surface area contributed by atoms with E-state index in [9.17, 15) is 10.1 Å². The lowest BCUT2D eigenvalue weighted by Crippen LogP contribution is -1.99. The van der Waals surface area contributed by atoms with Crippen molar-refractivity contribution in [3.8, 4) is 16.8 Å². The van der Waals surface area contributed by atoms with Gasteiger partial charge in [-0.05, 0) is 40.3 Å². The Bertz CT molecular complexity index is 782. The van der Waals surface area contributed by atoms with E-state index in [1.807, 2.05) is 30.3 Å². The number of aromatic nitrogens is 2. The Morgan fingerprint density at radius 1 is 1.05 bits per heavy atom. The minimum Gasteiger partial charge on any atom is -0.258 e. The Morgan fingerprint density at radius 2 is 1.71 bits per heavy atom. The summed E-state index contributed by atoms with van der Waals surface area (Å²) >= 11 is 2.23. The lowest BCUT2D eigenvalue weighted by molar-refractivity contribution is -0.384. The lowest BCUT2D eigenvalue weighted by Gasteiger charge is -2.04. The highest BCUT2D eigenvalue weighted by Crippen LogP contribution is 2.27. The fourth-order valence-electron chi connectivity index (χ4n) is 2.04. The van der Waals surface area contributed by atoms with Gasteiger partial charge in [-0.25, -0.2) is 4.68 Å². The van der Waals surface area contributed by atoms with Crippen LogP contribution in [0.1, 0.15) is 0 Å². The smallest absolute Gasteiger partial charge is 0.258 e.